The van der Waals surface area contributed by atoms with Gasteiger partial charge in [-0.2, -0.15) is 5.10 Å². The molecule has 3 rings (SSSR count). The fraction of sp³-hybridized carbons (Fsp3) is 0.500. The highest BCUT2D eigenvalue weighted by Gasteiger charge is 2.16. The first-order valence-corrected chi connectivity index (χ1v) is 8.96. The largest absolute Gasteiger partial charge is 0.299 e. The van der Waals surface area contributed by atoms with Gasteiger partial charge in [-0.05, 0) is 24.0 Å². The number of aromatic nitrogens is 3. The first-order chi connectivity index (χ1) is 10.8. The summed E-state index contributed by atoms with van der Waals surface area (Å²) >= 11 is 1.80. The van der Waals surface area contributed by atoms with Crippen molar-refractivity contribution in [3.63, 3.8) is 0 Å². The monoisotopic (exact) mass is 317 g/mol. The van der Waals surface area contributed by atoms with Crippen LogP contribution in [0.5, 0.6) is 0 Å². The minimum absolute atomic E-state index is 0.927. The fourth-order valence-corrected chi connectivity index (χ4v) is 3.16. The number of rotatable bonds is 6. The van der Waals surface area contributed by atoms with Gasteiger partial charge in [-0.1, -0.05) is 12.1 Å². The molecule has 22 heavy (non-hydrogen) atoms. The Hall–Kier alpha value is -1.37. The van der Waals surface area contributed by atoms with Crippen LogP contribution in [0.4, 0.5) is 0 Å². The van der Waals surface area contributed by atoms with E-state index in [1.165, 1.54) is 10.5 Å². The molecule has 2 heterocycles. The maximum absolute atomic E-state index is 4.15. The summed E-state index contributed by atoms with van der Waals surface area (Å²) in [7, 11) is 0. The predicted molar refractivity (Wildman–Crippen MR) is 90.0 cm³/mol. The smallest absolute Gasteiger partial charge is 0.137 e. The van der Waals surface area contributed by atoms with Crippen molar-refractivity contribution in [3.8, 4) is 0 Å². The second-order valence-electron chi connectivity index (χ2n) is 5.62. The van der Waals surface area contributed by atoms with Crippen LogP contribution < -0.4 is 0 Å². The third-order valence-corrected chi connectivity index (χ3v) is 4.89. The number of piperazine rings is 1. The van der Waals surface area contributed by atoms with Gasteiger partial charge in [0.05, 0.1) is 6.54 Å². The molecule has 0 aliphatic carbocycles. The van der Waals surface area contributed by atoms with Crippen LogP contribution in [0.3, 0.4) is 0 Å². The fourth-order valence-electron chi connectivity index (χ4n) is 2.75. The lowest BCUT2D eigenvalue weighted by atomic mass is 10.2. The van der Waals surface area contributed by atoms with E-state index in [0.29, 0.717) is 0 Å². The van der Waals surface area contributed by atoms with Gasteiger partial charge in [0.2, 0.25) is 0 Å². The van der Waals surface area contributed by atoms with Gasteiger partial charge in [-0.3, -0.25) is 14.5 Å². The van der Waals surface area contributed by atoms with E-state index in [9.17, 15) is 0 Å². The molecular formula is C16H23N5S. The molecule has 1 saturated heterocycles. The Morgan fingerprint density at radius 1 is 1.00 bits per heavy atom. The number of hydrogen-bond acceptors (Lipinski definition) is 5. The molecular weight excluding hydrogens is 294 g/mol. The maximum Gasteiger partial charge on any atom is 0.137 e. The molecule has 1 aliphatic heterocycles. The summed E-state index contributed by atoms with van der Waals surface area (Å²) in [4.78, 5) is 10.4. The number of hydrogen-bond donors (Lipinski definition) is 0. The Kier molecular flexibility index (Phi) is 5.48. The van der Waals surface area contributed by atoms with E-state index in [1.54, 1.807) is 24.4 Å². The third-order valence-electron chi connectivity index (χ3n) is 4.14. The van der Waals surface area contributed by atoms with Crippen LogP contribution >= 0.6 is 11.8 Å². The molecule has 1 fully saturated rings. The average Bonchev–Trinajstić information content (AvgIpc) is 3.08. The minimum atomic E-state index is 0.927. The van der Waals surface area contributed by atoms with Gasteiger partial charge in [0.15, 0.2) is 0 Å². The van der Waals surface area contributed by atoms with Gasteiger partial charge < -0.3 is 0 Å². The van der Waals surface area contributed by atoms with Gasteiger partial charge in [-0.15, -0.1) is 11.8 Å². The first kappa shape index (κ1) is 15.5. The van der Waals surface area contributed by atoms with Crippen molar-refractivity contribution in [2.24, 2.45) is 0 Å². The van der Waals surface area contributed by atoms with Gasteiger partial charge in [0.1, 0.15) is 12.7 Å². The maximum atomic E-state index is 4.15. The van der Waals surface area contributed by atoms with E-state index in [0.717, 1.165) is 45.8 Å². The summed E-state index contributed by atoms with van der Waals surface area (Å²) in [5.41, 5.74) is 1.41. The van der Waals surface area contributed by atoms with Crippen molar-refractivity contribution < 1.29 is 0 Å². The Morgan fingerprint density at radius 2 is 1.73 bits per heavy atom. The van der Waals surface area contributed by atoms with E-state index in [-0.39, 0.29) is 0 Å². The molecule has 5 nitrogen and oxygen atoms in total. The van der Waals surface area contributed by atoms with Crippen molar-refractivity contribution in [2.45, 2.75) is 18.0 Å². The number of benzene rings is 1. The van der Waals surface area contributed by atoms with Crippen molar-refractivity contribution in [1.29, 1.82) is 0 Å². The van der Waals surface area contributed by atoms with Crippen molar-refractivity contribution in [2.75, 3.05) is 39.0 Å². The molecule has 2 aromatic rings. The predicted octanol–water partition coefficient (Wildman–Crippen LogP) is 1.82. The summed E-state index contributed by atoms with van der Waals surface area (Å²) in [6.45, 7) is 7.60. The SMILES string of the molecule is CSc1ccc(CN2CCN(CCn3cncn3)CC2)cc1. The zero-order chi connectivity index (χ0) is 15.2. The van der Waals surface area contributed by atoms with E-state index in [2.05, 4.69) is 50.4 Å². The molecule has 0 amide bonds. The van der Waals surface area contributed by atoms with Crippen LogP contribution in [0, 0.1) is 0 Å². The van der Waals surface area contributed by atoms with Crippen LogP contribution in [0.1, 0.15) is 5.56 Å². The minimum Gasteiger partial charge on any atom is -0.299 e. The van der Waals surface area contributed by atoms with E-state index in [4.69, 9.17) is 0 Å². The molecule has 0 spiro atoms. The van der Waals surface area contributed by atoms with Crippen LogP contribution in [-0.4, -0.2) is 63.5 Å². The van der Waals surface area contributed by atoms with E-state index >= 15 is 0 Å². The Labute approximate surface area is 136 Å². The number of thioether (sulfide) groups is 1. The third kappa shape index (κ3) is 4.32. The van der Waals surface area contributed by atoms with Crippen molar-refractivity contribution in [1.82, 2.24) is 24.6 Å². The highest BCUT2D eigenvalue weighted by molar-refractivity contribution is 7.98. The molecule has 1 aromatic carbocycles. The highest BCUT2D eigenvalue weighted by atomic mass is 32.2. The van der Waals surface area contributed by atoms with E-state index in [1.807, 2.05) is 4.68 Å². The van der Waals surface area contributed by atoms with Gasteiger partial charge in [0, 0.05) is 44.2 Å². The van der Waals surface area contributed by atoms with Crippen LogP contribution in [0.2, 0.25) is 0 Å². The Balaban J connectivity index is 1.41. The number of nitrogens with zero attached hydrogens (tertiary/aromatic N) is 5. The summed E-state index contributed by atoms with van der Waals surface area (Å²) in [6, 6.07) is 8.94. The molecule has 118 valence electrons. The molecule has 1 aliphatic rings. The Morgan fingerprint density at radius 3 is 2.36 bits per heavy atom. The standard InChI is InChI=1S/C16H23N5S/c1-22-16-4-2-15(3-5-16)12-20-8-6-19(7-9-20)10-11-21-14-17-13-18-21/h2-5,13-14H,6-12H2,1H3. The molecule has 0 saturated carbocycles. The summed E-state index contributed by atoms with van der Waals surface area (Å²) < 4.78 is 1.90. The van der Waals surface area contributed by atoms with Gasteiger partial charge in [-0.25, -0.2) is 4.98 Å². The molecule has 0 unspecified atom stereocenters. The second-order valence-corrected chi connectivity index (χ2v) is 6.50. The van der Waals surface area contributed by atoms with E-state index < -0.39 is 0 Å². The zero-order valence-electron chi connectivity index (χ0n) is 13.1. The lowest BCUT2D eigenvalue weighted by molar-refractivity contribution is 0.123. The van der Waals surface area contributed by atoms with Crippen LogP contribution in [0.25, 0.3) is 0 Å². The first-order valence-electron chi connectivity index (χ1n) is 7.73. The lowest BCUT2D eigenvalue weighted by Crippen LogP contribution is -2.46. The van der Waals surface area contributed by atoms with Crippen molar-refractivity contribution in [3.05, 3.63) is 42.5 Å². The zero-order valence-corrected chi connectivity index (χ0v) is 13.9. The van der Waals surface area contributed by atoms with Crippen LogP contribution in [0.15, 0.2) is 41.8 Å². The summed E-state index contributed by atoms with van der Waals surface area (Å²) in [5, 5.41) is 4.15. The topological polar surface area (TPSA) is 37.2 Å². The quantitative estimate of drug-likeness (QED) is 0.760. The highest BCUT2D eigenvalue weighted by Crippen LogP contribution is 2.16. The van der Waals surface area contributed by atoms with Gasteiger partial charge >= 0.3 is 0 Å². The lowest BCUT2D eigenvalue weighted by Gasteiger charge is -2.34. The van der Waals surface area contributed by atoms with Gasteiger partial charge in [0.25, 0.3) is 0 Å². The molecule has 1 aromatic heterocycles. The molecule has 0 bridgehead atoms. The molecule has 6 heteroatoms. The van der Waals surface area contributed by atoms with Crippen LogP contribution in [-0.2, 0) is 13.1 Å². The van der Waals surface area contributed by atoms with Crippen molar-refractivity contribution >= 4 is 11.8 Å². The summed E-state index contributed by atoms with van der Waals surface area (Å²) in [5.74, 6) is 0. The second kappa shape index (κ2) is 7.76. The molecule has 0 radical (unpaired) electrons. The molecule has 0 N–H and O–H groups in total. The summed E-state index contributed by atoms with van der Waals surface area (Å²) in [6.07, 6.45) is 5.50. The molecule has 0 atom stereocenters. The average molecular weight is 317 g/mol. The Bertz CT molecular complexity index is 546. The normalized spacial score (nSPS) is 17.0.